The molecule has 1 aliphatic carbocycles. The molecule has 2 unspecified atom stereocenters. The van der Waals surface area contributed by atoms with E-state index < -0.39 is 0 Å². The average molecular weight is 242 g/mol. The van der Waals surface area contributed by atoms with Crippen molar-refractivity contribution in [1.29, 1.82) is 0 Å². The second-order valence-corrected chi connectivity index (χ2v) is 5.27. The number of hydrogen-bond acceptors (Lipinski definition) is 2. The molecule has 3 nitrogen and oxygen atoms in total. The van der Waals surface area contributed by atoms with Crippen LogP contribution in [0.3, 0.4) is 0 Å². The lowest BCUT2D eigenvalue weighted by atomic mass is 10.0. The summed E-state index contributed by atoms with van der Waals surface area (Å²) >= 11 is 0. The second kappa shape index (κ2) is 4.58. The molecule has 2 aromatic rings. The molecule has 1 fully saturated rings. The number of rotatable bonds is 4. The van der Waals surface area contributed by atoms with Crippen LogP contribution < -0.4 is 0 Å². The molecule has 1 aliphatic rings. The van der Waals surface area contributed by atoms with Crippen LogP contribution in [0.1, 0.15) is 30.6 Å². The number of aromatic nitrogens is 2. The van der Waals surface area contributed by atoms with Crippen molar-refractivity contribution < 1.29 is 5.11 Å². The fourth-order valence-corrected chi connectivity index (χ4v) is 2.44. The summed E-state index contributed by atoms with van der Waals surface area (Å²) in [5, 5.41) is 14.3. The topological polar surface area (TPSA) is 38.0 Å². The number of aliphatic hydroxyl groups excluding tert-OH is 1. The van der Waals surface area contributed by atoms with Gasteiger partial charge in [-0.2, -0.15) is 5.10 Å². The quantitative estimate of drug-likeness (QED) is 0.895. The number of benzene rings is 1. The highest BCUT2D eigenvalue weighted by Crippen LogP contribution is 2.46. The van der Waals surface area contributed by atoms with Gasteiger partial charge in [-0.3, -0.25) is 4.68 Å². The molecule has 18 heavy (non-hydrogen) atoms. The maximum Gasteiger partial charge on any atom is 0.0820 e. The Kier molecular flexibility index (Phi) is 2.92. The lowest BCUT2D eigenvalue weighted by molar-refractivity contribution is 0.148. The third-order valence-electron chi connectivity index (χ3n) is 3.80. The summed E-state index contributed by atoms with van der Waals surface area (Å²) in [5.74, 6) is 1.13. The molecule has 3 rings (SSSR count). The molecule has 1 heterocycles. The van der Waals surface area contributed by atoms with Crippen molar-refractivity contribution >= 4 is 0 Å². The van der Waals surface area contributed by atoms with Gasteiger partial charge in [-0.15, -0.1) is 0 Å². The summed E-state index contributed by atoms with van der Waals surface area (Å²) in [6.45, 7) is 2.98. The Balaban J connectivity index is 1.69. The van der Waals surface area contributed by atoms with E-state index in [1.807, 2.05) is 29.1 Å². The predicted molar refractivity (Wildman–Crippen MR) is 70.0 cm³/mol. The maximum absolute atomic E-state index is 10.2. The predicted octanol–water partition coefficient (Wildman–Crippen LogP) is 2.62. The summed E-state index contributed by atoms with van der Waals surface area (Å²) in [4.78, 5) is 0. The van der Waals surface area contributed by atoms with Crippen LogP contribution in [0.15, 0.2) is 42.7 Å². The molecule has 3 atom stereocenters. The van der Waals surface area contributed by atoms with Gasteiger partial charge in [0, 0.05) is 12.4 Å². The number of aliphatic hydroxyl groups is 1. The van der Waals surface area contributed by atoms with Gasteiger partial charge in [0.2, 0.25) is 0 Å². The van der Waals surface area contributed by atoms with Crippen LogP contribution in [0, 0.1) is 11.8 Å². The van der Waals surface area contributed by atoms with Crippen LogP contribution >= 0.6 is 0 Å². The minimum Gasteiger partial charge on any atom is -0.388 e. The Labute approximate surface area is 107 Å². The summed E-state index contributed by atoms with van der Waals surface area (Å²) < 4.78 is 1.90. The lowest BCUT2D eigenvalue weighted by Gasteiger charge is -2.11. The van der Waals surface area contributed by atoms with Gasteiger partial charge in [0.05, 0.1) is 12.6 Å². The van der Waals surface area contributed by atoms with Gasteiger partial charge in [-0.25, -0.2) is 0 Å². The Morgan fingerprint density at radius 2 is 2.11 bits per heavy atom. The fourth-order valence-electron chi connectivity index (χ4n) is 2.44. The molecular weight excluding hydrogens is 224 g/mol. The second-order valence-electron chi connectivity index (χ2n) is 5.27. The van der Waals surface area contributed by atoms with E-state index in [9.17, 15) is 5.11 Å². The van der Waals surface area contributed by atoms with E-state index in [0.29, 0.717) is 11.8 Å². The molecule has 0 saturated heterocycles. The minimum atomic E-state index is -0.293. The van der Waals surface area contributed by atoms with E-state index in [4.69, 9.17) is 0 Å². The van der Waals surface area contributed by atoms with Crippen molar-refractivity contribution in [2.75, 3.05) is 0 Å². The largest absolute Gasteiger partial charge is 0.388 e. The minimum absolute atomic E-state index is 0.293. The van der Waals surface area contributed by atoms with Gasteiger partial charge in [0.1, 0.15) is 0 Å². The van der Waals surface area contributed by atoms with E-state index >= 15 is 0 Å². The Bertz CT molecular complexity index is 504. The van der Waals surface area contributed by atoms with Gasteiger partial charge < -0.3 is 5.11 Å². The van der Waals surface area contributed by atoms with Gasteiger partial charge >= 0.3 is 0 Å². The molecule has 3 heteroatoms. The maximum atomic E-state index is 10.2. The number of hydrogen-bond donors (Lipinski definition) is 1. The van der Waals surface area contributed by atoms with Crippen molar-refractivity contribution in [3.63, 3.8) is 0 Å². The Hall–Kier alpha value is -1.61. The third-order valence-corrected chi connectivity index (χ3v) is 3.80. The third kappa shape index (κ3) is 2.31. The zero-order chi connectivity index (χ0) is 12.5. The van der Waals surface area contributed by atoms with Crippen molar-refractivity contribution in [3.8, 4) is 0 Å². The monoisotopic (exact) mass is 242 g/mol. The van der Waals surface area contributed by atoms with Gasteiger partial charge in [-0.05, 0) is 35.4 Å². The first kappa shape index (κ1) is 11.5. The van der Waals surface area contributed by atoms with Crippen molar-refractivity contribution in [3.05, 3.63) is 53.9 Å². The van der Waals surface area contributed by atoms with Gasteiger partial charge in [-0.1, -0.05) is 31.2 Å². The normalized spacial score (nSPS) is 23.9. The molecule has 94 valence electrons. The first-order chi connectivity index (χ1) is 8.74. The van der Waals surface area contributed by atoms with Crippen LogP contribution in [0.2, 0.25) is 0 Å². The van der Waals surface area contributed by atoms with Crippen LogP contribution in [0.25, 0.3) is 0 Å². The van der Waals surface area contributed by atoms with Crippen molar-refractivity contribution in [2.45, 2.75) is 26.0 Å². The Morgan fingerprint density at radius 3 is 2.67 bits per heavy atom. The smallest absolute Gasteiger partial charge is 0.0820 e. The summed E-state index contributed by atoms with van der Waals surface area (Å²) in [6, 6.07) is 10.1. The van der Waals surface area contributed by atoms with Gasteiger partial charge in [0.15, 0.2) is 0 Å². The molecule has 1 N–H and O–H groups in total. The van der Waals surface area contributed by atoms with Crippen molar-refractivity contribution in [2.24, 2.45) is 11.8 Å². The summed E-state index contributed by atoms with van der Waals surface area (Å²) in [6.07, 6.45) is 4.59. The molecule has 0 amide bonds. The SMILES string of the molecule is CC1C[C@@H]1C(O)c1ccc(Cn2cccn2)cc1. The zero-order valence-electron chi connectivity index (χ0n) is 10.5. The fraction of sp³-hybridized carbons (Fsp3) is 0.400. The highest BCUT2D eigenvalue weighted by Gasteiger charge is 2.39. The number of nitrogens with zero attached hydrogens (tertiary/aromatic N) is 2. The van der Waals surface area contributed by atoms with E-state index in [1.54, 1.807) is 6.20 Å². The van der Waals surface area contributed by atoms with Crippen molar-refractivity contribution in [1.82, 2.24) is 9.78 Å². The van der Waals surface area contributed by atoms with Crippen LogP contribution in [0.4, 0.5) is 0 Å². The molecule has 1 saturated carbocycles. The molecule has 0 radical (unpaired) electrons. The van der Waals surface area contributed by atoms with E-state index in [1.165, 1.54) is 5.56 Å². The van der Waals surface area contributed by atoms with E-state index in [-0.39, 0.29) is 6.10 Å². The molecule has 1 aromatic heterocycles. The van der Waals surface area contributed by atoms with Gasteiger partial charge in [0.25, 0.3) is 0 Å². The van der Waals surface area contributed by atoms with Crippen LogP contribution in [-0.4, -0.2) is 14.9 Å². The standard InChI is InChI=1S/C15H18N2O/c1-11-9-14(11)15(18)13-5-3-12(4-6-13)10-17-8-2-7-16-17/h2-8,11,14-15,18H,9-10H2,1H3/t11?,14-,15?/m0/s1. The Morgan fingerprint density at radius 1 is 1.39 bits per heavy atom. The van der Waals surface area contributed by atoms with Crippen LogP contribution in [-0.2, 0) is 6.54 Å². The molecule has 0 bridgehead atoms. The summed E-state index contributed by atoms with van der Waals surface area (Å²) in [7, 11) is 0. The lowest BCUT2D eigenvalue weighted by Crippen LogP contribution is -2.03. The average Bonchev–Trinajstić information content (AvgIpc) is 2.89. The first-order valence-electron chi connectivity index (χ1n) is 6.48. The zero-order valence-corrected chi connectivity index (χ0v) is 10.5. The highest BCUT2D eigenvalue weighted by atomic mass is 16.3. The van der Waals surface area contributed by atoms with E-state index in [2.05, 4.69) is 24.2 Å². The molecule has 1 aromatic carbocycles. The molecule has 0 spiro atoms. The summed E-state index contributed by atoms with van der Waals surface area (Å²) in [5.41, 5.74) is 2.24. The first-order valence-corrected chi connectivity index (χ1v) is 6.48. The highest BCUT2D eigenvalue weighted by molar-refractivity contribution is 5.25. The molecular formula is C15H18N2O. The van der Waals surface area contributed by atoms with E-state index in [0.717, 1.165) is 18.5 Å². The molecule has 0 aliphatic heterocycles. The van der Waals surface area contributed by atoms with Crippen LogP contribution in [0.5, 0.6) is 0 Å².